The summed E-state index contributed by atoms with van der Waals surface area (Å²) in [6.45, 7) is 5.16. The first-order valence-corrected chi connectivity index (χ1v) is 6.99. The average Bonchev–Trinajstić information content (AvgIpc) is 2.35. The SMILES string of the molecule is CCCCCC/C(=C(/OCC)C(F)(F)F)C(O)CC. The molecule has 0 amide bonds. The Bertz CT molecular complexity index is 272. The van der Waals surface area contributed by atoms with Gasteiger partial charge < -0.3 is 9.84 Å². The minimum atomic E-state index is -4.54. The minimum Gasteiger partial charge on any atom is -0.489 e. The van der Waals surface area contributed by atoms with E-state index in [0.29, 0.717) is 6.42 Å². The highest BCUT2D eigenvalue weighted by Crippen LogP contribution is 2.33. The van der Waals surface area contributed by atoms with Gasteiger partial charge in [0.2, 0.25) is 5.76 Å². The smallest absolute Gasteiger partial charge is 0.448 e. The lowest BCUT2D eigenvalue weighted by Crippen LogP contribution is -2.23. The maximum absolute atomic E-state index is 12.9. The molecule has 0 aliphatic heterocycles. The first-order chi connectivity index (χ1) is 8.88. The molecular formula is C14H25F3O2. The maximum atomic E-state index is 12.9. The number of hydrogen-bond acceptors (Lipinski definition) is 2. The van der Waals surface area contributed by atoms with Gasteiger partial charge in [-0.15, -0.1) is 0 Å². The molecule has 1 unspecified atom stereocenters. The van der Waals surface area contributed by atoms with E-state index in [0.717, 1.165) is 19.3 Å². The predicted molar refractivity (Wildman–Crippen MR) is 69.8 cm³/mol. The third-order valence-electron chi connectivity index (χ3n) is 2.93. The van der Waals surface area contributed by atoms with Gasteiger partial charge in [0.25, 0.3) is 0 Å². The van der Waals surface area contributed by atoms with Gasteiger partial charge in [0.15, 0.2) is 0 Å². The molecule has 0 aliphatic carbocycles. The highest BCUT2D eigenvalue weighted by Gasteiger charge is 2.39. The average molecular weight is 282 g/mol. The summed E-state index contributed by atoms with van der Waals surface area (Å²) in [5.41, 5.74) is -0.00652. The van der Waals surface area contributed by atoms with Crippen molar-refractivity contribution in [2.45, 2.75) is 71.6 Å². The summed E-state index contributed by atoms with van der Waals surface area (Å²) < 4.78 is 43.5. The van der Waals surface area contributed by atoms with Gasteiger partial charge in [0, 0.05) is 5.57 Å². The van der Waals surface area contributed by atoms with E-state index in [9.17, 15) is 18.3 Å². The van der Waals surface area contributed by atoms with Crippen molar-refractivity contribution in [1.29, 1.82) is 0 Å². The largest absolute Gasteiger partial charge is 0.489 e. The van der Waals surface area contributed by atoms with E-state index in [1.165, 1.54) is 6.92 Å². The summed E-state index contributed by atoms with van der Waals surface area (Å²) in [5, 5.41) is 9.80. The molecule has 0 rings (SSSR count). The van der Waals surface area contributed by atoms with Gasteiger partial charge in [-0.3, -0.25) is 0 Å². The van der Waals surface area contributed by atoms with Crippen molar-refractivity contribution < 1.29 is 23.0 Å². The van der Waals surface area contributed by atoms with E-state index in [2.05, 4.69) is 0 Å². The molecule has 0 aromatic heterocycles. The molecule has 0 aromatic rings. The molecule has 0 saturated heterocycles. The number of rotatable bonds is 9. The number of aliphatic hydroxyl groups excluding tert-OH is 1. The molecule has 114 valence electrons. The first-order valence-electron chi connectivity index (χ1n) is 6.99. The number of halogens is 3. The van der Waals surface area contributed by atoms with Crippen LogP contribution >= 0.6 is 0 Å². The summed E-state index contributed by atoms with van der Waals surface area (Å²) >= 11 is 0. The zero-order chi connectivity index (χ0) is 14.9. The number of unbranched alkanes of at least 4 members (excludes halogenated alkanes) is 3. The molecule has 5 heteroatoms. The van der Waals surface area contributed by atoms with Gasteiger partial charge in [0.05, 0.1) is 12.7 Å². The van der Waals surface area contributed by atoms with Gasteiger partial charge >= 0.3 is 6.18 Å². The van der Waals surface area contributed by atoms with Crippen LogP contribution in [0.5, 0.6) is 0 Å². The minimum absolute atomic E-state index is 0.00652. The van der Waals surface area contributed by atoms with Crippen molar-refractivity contribution in [3.63, 3.8) is 0 Å². The molecule has 0 bridgehead atoms. The van der Waals surface area contributed by atoms with Crippen LogP contribution in [0.25, 0.3) is 0 Å². The monoisotopic (exact) mass is 282 g/mol. The van der Waals surface area contributed by atoms with Crippen molar-refractivity contribution in [3.8, 4) is 0 Å². The lowest BCUT2D eigenvalue weighted by Gasteiger charge is -2.21. The standard InChI is InChI=1S/C14H25F3O2/c1-4-7-8-9-10-11(12(18)5-2)13(19-6-3)14(15,16)17/h12,18H,4-10H2,1-3H3/b13-11-. The van der Waals surface area contributed by atoms with Crippen molar-refractivity contribution >= 4 is 0 Å². The van der Waals surface area contributed by atoms with Gasteiger partial charge in [-0.25, -0.2) is 0 Å². The fourth-order valence-electron chi connectivity index (χ4n) is 1.92. The molecule has 1 atom stereocenters. The van der Waals surface area contributed by atoms with E-state index in [1.807, 2.05) is 6.92 Å². The van der Waals surface area contributed by atoms with Crippen LogP contribution in [0, 0.1) is 0 Å². The Morgan fingerprint density at radius 2 is 1.74 bits per heavy atom. The van der Waals surface area contributed by atoms with Crippen LogP contribution < -0.4 is 0 Å². The molecule has 1 N–H and O–H groups in total. The lowest BCUT2D eigenvalue weighted by atomic mass is 9.98. The topological polar surface area (TPSA) is 29.5 Å². The third-order valence-corrected chi connectivity index (χ3v) is 2.93. The second-order valence-corrected chi connectivity index (χ2v) is 4.52. The van der Waals surface area contributed by atoms with E-state index in [-0.39, 0.29) is 25.0 Å². The van der Waals surface area contributed by atoms with Gasteiger partial charge in [-0.2, -0.15) is 13.2 Å². The molecule has 2 nitrogen and oxygen atoms in total. The Morgan fingerprint density at radius 3 is 2.16 bits per heavy atom. The highest BCUT2D eigenvalue weighted by molar-refractivity contribution is 5.17. The van der Waals surface area contributed by atoms with Crippen molar-refractivity contribution in [2.75, 3.05) is 6.61 Å². The molecule has 0 heterocycles. The molecule has 19 heavy (non-hydrogen) atoms. The van der Waals surface area contributed by atoms with Gasteiger partial charge in [-0.05, 0) is 26.2 Å². The molecule has 0 aromatic carbocycles. The van der Waals surface area contributed by atoms with Crippen LogP contribution in [0.1, 0.15) is 59.3 Å². The first kappa shape index (κ1) is 18.3. The number of alkyl halides is 3. The summed E-state index contributed by atoms with van der Waals surface area (Å²) in [6.07, 6.45) is -1.59. The van der Waals surface area contributed by atoms with Crippen LogP contribution in [-0.2, 0) is 4.74 Å². The Hall–Kier alpha value is -0.710. The van der Waals surface area contributed by atoms with Crippen LogP contribution in [0.3, 0.4) is 0 Å². The number of allylic oxidation sites excluding steroid dienone is 1. The Labute approximate surface area is 113 Å². The van der Waals surface area contributed by atoms with Crippen molar-refractivity contribution in [1.82, 2.24) is 0 Å². The summed E-state index contributed by atoms with van der Waals surface area (Å²) in [7, 11) is 0. The van der Waals surface area contributed by atoms with E-state index in [1.54, 1.807) is 6.92 Å². The second-order valence-electron chi connectivity index (χ2n) is 4.52. The maximum Gasteiger partial charge on any atom is 0.448 e. The summed E-state index contributed by atoms with van der Waals surface area (Å²) in [6, 6.07) is 0. The van der Waals surface area contributed by atoms with E-state index < -0.39 is 18.0 Å². The van der Waals surface area contributed by atoms with Gasteiger partial charge in [-0.1, -0.05) is 33.1 Å². The fraction of sp³-hybridized carbons (Fsp3) is 0.857. The van der Waals surface area contributed by atoms with Gasteiger partial charge in [0.1, 0.15) is 0 Å². The zero-order valence-corrected chi connectivity index (χ0v) is 12.0. The molecule has 0 saturated carbocycles. The quantitative estimate of drug-likeness (QED) is 0.495. The number of aliphatic hydroxyl groups is 1. The summed E-state index contributed by atoms with van der Waals surface area (Å²) in [5.74, 6) is -0.999. The van der Waals surface area contributed by atoms with Crippen molar-refractivity contribution in [2.24, 2.45) is 0 Å². The highest BCUT2D eigenvalue weighted by atomic mass is 19.4. The Balaban J connectivity index is 5.02. The normalized spacial score (nSPS) is 15.1. The Kier molecular flexibility index (Phi) is 8.89. The van der Waals surface area contributed by atoms with E-state index in [4.69, 9.17) is 4.74 Å². The molecule has 0 radical (unpaired) electrons. The lowest BCUT2D eigenvalue weighted by molar-refractivity contribution is -0.133. The zero-order valence-electron chi connectivity index (χ0n) is 12.0. The third kappa shape index (κ3) is 6.85. The van der Waals surface area contributed by atoms with Crippen LogP contribution in [-0.4, -0.2) is 24.0 Å². The van der Waals surface area contributed by atoms with Crippen molar-refractivity contribution in [3.05, 3.63) is 11.3 Å². The molecule has 0 fully saturated rings. The fourth-order valence-corrected chi connectivity index (χ4v) is 1.92. The molecule has 0 aliphatic rings. The second kappa shape index (κ2) is 9.23. The van der Waals surface area contributed by atoms with Crippen LogP contribution in [0.2, 0.25) is 0 Å². The molecule has 0 spiro atoms. The Morgan fingerprint density at radius 1 is 1.11 bits per heavy atom. The van der Waals surface area contributed by atoms with Crippen LogP contribution in [0.15, 0.2) is 11.3 Å². The van der Waals surface area contributed by atoms with Crippen LogP contribution in [0.4, 0.5) is 13.2 Å². The summed E-state index contributed by atoms with van der Waals surface area (Å²) in [4.78, 5) is 0. The number of hydrogen-bond donors (Lipinski definition) is 1. The van der Waals surface area contributed by atoms with E-state index >= 15 is 0 Å². The predicted octanol–water partition coefficient (Wildman–Crippen LogP) is 4.58. The number of ether oxygens (including phenoxy) is 1. The molecular weight excluding hydrogens is 257 g/mol.